The van der Waals surface area contributed by atoms with Gasteiger partial charge in [0.2, 0.25) is 0 Å². The van der Waals surface area contributed by atoms with Gasteiger partial charge in [-0.05, 0) is 39.0 Å². The summed E-state index contributed by atoms with van der Waals surface area (Å²) < 4.78 is 10.5. The molecule has 3 N–H and O–H groups in total. The van der Waals surface area contributed by atoms with Gasteiger partial charge in [0.1, 0.15) is 11.4 Å². The van der Waals surface area contributed by atoms with Crippen molar-refractivity contribution in [1.82, 2.24) is 4.98 Å². The molecule has 21 heavy (non-hydrogen) atoms. The predicted molar refractivity (Wildman–Crippen MR) is 79.8 cm³/mol. The molecule has 2 rings (SSSR count). The first kappa shape index (κ1) is 15.4. The maximum Gasteiger partial charge on any atom is 0.506 e. The van der Waals surface area contributed by atoms with E-state index in [4.69, 9.17) is 9.47 Å². The molecule has 0 saturated heterocycles. The third kappa shape index (κ3) is 3.20. The molecular formula is C14H18BNO5. The SMILES string of the molecule is COc1ccc2[nH]c(B(O)O)c(C(=O)OC(C)(C)C)c2c1. The number of hydrogen-bond acceptors (Lipinski definition) is 5. The average molecular weight is 291 g/mol. The zero-order valence-electron chi connectivity index (χ0n) is 12.4. The van der Waals surface area contributed by atoms with Crippen LogP contribution in [0.15, 0.2) is 18.2 Å². The first-order chi connectivity index (χ1) is 9.73. The second kappa shape index (κ2) is 5.42. The Morgan fingerprint density at radius 1 is 1.29 bits per heavy atom. The van der Waals surface area contributed by atoms with Crippen molar-refractivity contribution in [2.45, 2.75) is 26.4 Å². The number of aromatic nitrogens is 1. The molecular weight excluding hydrogens is 273 g/mol. The number of carbonyl (C=O) groups is 1. The molecule has 0 aliphatic carbocycles. The number of aromatic amines is 1. The number of esters is 1. The Kier molecular flexibility index (Phi) is 3.98. The summed E-state index contributed by atoms with van der Waals surface area (Å²) in [6.07, 6.45) is 0. The van der Waals surface area contributed by atoms with Crippen molar-refractivity contribution >= 4 is 29.6 Å². The van der Waals surface area contributed by atoms with Crippen LogP contribution in [-0.2, 0) is 4.74 Å². The molecule has 0 aliphatic heterocycles. The van der Waals surface area contributed by atoms with Crippen LogP contribution >= 0.6 is 0 Å². The number of nitrogens with one attached hydrogen (secondary N) is 1. The number of rotatable bonds is 3. The number of methoxy groups -OCH3 is 1. The minimum atomic E-state index is -1.80. The van der Waals surface area contributed by atoms with Gasteiger partial charge in [0.05, 0.1) is 18.3 Å². The van der Waals surface area contributed by atoms with Crippen LogP contribution in [0.5, 0.6) is 5.75 Å². The molecule has 2 aromatic rings. The highest BCUT2D eigenvalue weighted by molar-refractivity contribution is 6.60. The molecule has 1 aromatic heterocycles. The Labute approximate surface area is 122 Å². The van der Waals surface area contributed by atoms with Crippen LogP contribution in [0, 0.1) is 0 Å². The summed E-state index contributed by atoms with van der Waals surface area (Å²) in [6.45, 7) is 5.24. The van der Waals surface area contributed by atoms with Gasteiger partial charge in [-0.3, -0.25) is 0 Å². The number of H-pyrrole nitrogens is 1. The quantitative estimate of drug-likeness (QED) is 0.575. The smallest absolute Gasteiger partial charge is 0.497 e. The summed E-state index contributed by atoms with van der Waals surface area (Å²) in [5.74, 6) is -0.0598. The third-order valence-electron chi connectivity index (χ3n) is 2.90. The molecule has 0 bridgehead atoms. The fourth-order valence-electron chi connectivity index (χ4n) is 2.06. The van der Waals surface area contributed by atoms with Gasteiger partial charge in [-0.2, -0.15) is 0 Å². The van der Waals surface area contributed by atoms with Gasteiger partial charge in [0.15, 0.2) is 0 Å². The monoisotopic (exact) mass is 291 g/mol. The predicted octanol–water partition coefficient (Wildman–Crippen LogP) is 0.812. The third-order valence-corrected chi connectivity index (χ3v) is 2.90. The highest BCUT2D eigenvalue weighted by Crippen LogP contribution is 2.24. The Hall–Kier alpha value is -1.99. The fourth-order valence-corrected chi connectivity index (χ4v) is 2.06. The second-order valence-corrected chi connectivity index (χ2v) is 5.70. The maximum absolute atomic E-state index is 12.4. The van der Waals surface area contributed by atoms with E-state index in [1.54, 1.807) is 39.0 Å². The molecule has 0 aliphatic rings. The van der Waals surface area contributed by atoms with Crippen molar-refractivity contribution in [3.63, 3.8) is 0 Å². The van der Waals surface area contributed by atoms with Crippen molar-refractivity contribution in [2.75, 3.05) is 7.11 Å². The van der Waals surface area contributed by atoms with Crippen LogP contribution < -0.4 is 10.3 Å². The van der Waals surface area contributed by atoms with Crippen LogP contribution in [-0.4, -0.2) is 40.8 Å². The molecule has 0 atom stereocenters. The summed E-state index contributed by atoms with van der Waals surface area (Å²) >= 11 is 0. The van der Waals surface area contributed by atoms with Crippen LogP contribution in [0.25, 0.3) is 10.9 Å². The lowest BCUT2D eigenvalue weighted by Crippen LogP contribution is -2.37. The van der Waals surface area contributed by atoms with E-state index >= 15 is 0 Å². The van der Waals surface area contributed by atoms with E-state index in [2.05, 4.69) is 4.98 Å². The summed E-state index contributed by atoms with van der Waals surface area (Å²) in [5.41, 5.74) is 0.0260. The second-order valence-electron chi connectivity index (χ2n) is 5.70. The Bertz CT molecular complexity index is 672. The van der Waals surface area contributed by atoms with Gasteiger partial charge in [-0.1, -0.05) is 0 Å². The van der Waals surface area contributed by atoms with Gasteiger partial charge in [0.25, 0.3) is 0 Å². The zero-order valence-corrected chi connectivity index (χ0v) is 12.4. The minimum Gasteiger partial charge on any atom is -0.497 e. The zero-order chi connectivity index (χ0) is 15.8. The molecule has 6 nitrogen and oxygen atoms in total. The lowest BCUT2D eigenvalue weighted by atomic mass is 9.83. The Balaban J connectivity index is 2.62. The first-order valence-corrected chi connectivity index (χ1v) is 6.52. The van der Waals surface area contributed by atoms with Crippen LogP contribution in [0.3, 0.4) is 0 Å². The van der Waals surface area contributed by atoms with Crippen LogP contribution in [0.2, 0.25) is 0 Å². The van der Waals surface area contributed by atoms with Crippen molar-refractivity contribution in [3.8, 4) is 5.75 Å². The molecule has 1 aromatic carbocycles. The van der Waals surface area contributed by atoms with Crippen LogP contribution in [0.1, 0.15) is 31.1 Å². The van der Waals surface area contributed by atoms with Crippen molar-refractivity contribution < 1.29 is 24.3 Å². The van der Waals surface area contributed by atoms with Gasteiger partial charge in [-0.15, -0.1) is 0 Å². The molecule has 112 valence electrons. The molecule has 1 heterocycles. The first-order valence-electron chi connectivity index (χ1n) is 6.52. The fraction of sp³-hybridized carbons (Fsp3) is 0.357. The van der Waals surface area contributed by atoms with E-state index in [0.717, 1.165) is 0 Å². The number of hydrogen-bond donors (Lipinski definition) is 3. The molecule has 0 unspecified atom stereocenters. The summed E-state index contributed by atoms with van der Waals surface area (Å²) in [6, 6.07) is 5.07. The Morgan fingerprint density at radius 3 is 2.48 bits per heavy atom. The number of fused-ring (bicyclic) bond motifs is 1. The van der Waals surface area contributed by atoms with E-state index in [9.17, 15) is 14.8 Å². The summed E-state index contributed by atoms with van der Waals surface area (Å²) in [4.78, 5) is 15.2. The maximum atomic E-state index is 12.4. The number of ether oxygens (including phenoxy) is 2. The van der Waals surface area contributed by atoms with Crippen molar-refractivity contribution in [1.29, 1.82) is 0 Å². The van der Waals surface area contributed by atoms with Crippen molar-refractivity contribution in [2.24, 2.45) is 0 Å². The number of benzene rings is 1. The van der Waals surface area contributed by atoms with E-state index in [-0.39, 0.29) is 11.2 Å². The molecule has 0 amide bonds. The van der Waals surface area contributed by atoms with E-state index < -0.39 is 18.7 Å². The average Bonchev–Trinajstić information content (AvgIpc) is 2.74. The van der Waals surface area contributed by atoms with Gasteiger partial charge in [-0.25, -0.2) is 4.79 Å². The number of carbonyl (C=O) groups excluding carboxylic acids is 1. The minimum absolute atomic E-state index is 0.00695. The molecule has 0 fully saturated rings. The summed E-state index contributed by atoms with van der Waals surface area (Å²) in [7, 11) is -0.283. The van der Waals surface area contributed by atoms with E-state index in [0.29, 0.717) is 16.7 Å². The van der Waals surface area contributed by atoms with E-state index in [1.165, 1.54) is 7.11 Å². The molecule has 7 heteroatoms. The largest absolute Gasteiger partial charge is 0.506 e. The Morgan fingerprint density at radius 2 is 1.95 bits per heavy atom. The van der Waals surface area contributed by atoms with E-state index in [1.807, 2.05) is 0 Å². The van der Waals surface area contributed by atoms with Crippen LogP contribution in [0.4, 0.5) is 0 Å². The highest BCUT2D eigenvalue weighted by atomic mass is 16.6. The van der Waals surface area contributed by atoms with Crippen molar-refractivity contribution in [3.05, 3.63) is 23.8 Å². The van der Waals surface area contributed by atoms with Gasteiger partial charge < -0.3 is 24.5 Å². The normalized spacial score (nSPS) is 11.5. The van der Waals surface area contributed by atoms with Gasteiger partial charge in [0, 0.05) is 10.9 Å². The lowest BCUT2D eigenvalue weighted by molar-refractivity contribution is 0.00729. The molecule has 0 spiro atoms. The van der Waals surface area contributed by atoms with Gasteiger partial charge >= 0.3 is 13.1 Å². The molecule has 0 radical (unpaired) electrons. The lowest BCUT2D eigenvalue weighted by Gasteiger charge is -2.19. The topological polar surface area (TPSA) is 91.8 Å². The molecule has 0 saturated carbocycles. The summed E-state index contributed by atoms with van der Waals surface area (Å²) in [5, 5.41) is 19.4. The highest BCUT2D eigenvalue weighted by Gasteiger charge is 2.29. The standard InChI is InChI=1S/C14H18BNO5/c1-14(2,3)21-13(17)11-9-7-8(20-4)5-6-10(9)16-12(11)15(18)19/h5-7,16,18-19H,1-4H3.